The van der Waals surface area contributed by atoms with E-state index >= 15 is 0 Å². The average Bonchev–Trinajstić information content (AvgIpc) is 2.99. The summed E-state index contributed by atoms with van der Waals surface area (Å²) in [4.78, 5) is 10.7. The van der Waals surface area contributed by atoms with E-state index in [9.17, 15) is 13.2 Å². The predicted molar refractivity (Wildman–Crippen MR) is 105 cm³/mol. The Labute approximate surface area is 169 Å². The Kier molecular flexibility index (Phi) is 4.43. The van der Waals surface area contributed by atoms with Crippen molar-refractivity contribution in [2.45, 2.75) is 13.0 Å². The van der Waals surface area contributed by atoms with Crippen molar-refractivity contribution in [3.8, 4) is 5.69 Å². The van der Waals surface area contributed by atoms with Gasteiger partial charge in [-0.1, -0.05) is 6.07 Å². The second kappa shape index (κ2) is 7.13. The van der Waals surface area contributed by atoms with E-state index in [0.29, 0.717) is 36.9 Å². The molecule has 4 heterocycles. The van der Waals surface area contributed by atoms with Crippen LogP contribution in [0.4, 0.5) is 30.5 Å². The lowest BCUT2D eigenvalue weighted by atomic mass is 10.1. The minimum absolute atomic E-state index is 0.0501. The van der Waals surface area contributed by atoms with Gasteiger partial charge >= 0.3 is 0 Å². The Balaban J connectivity index is 1.64. The van der Waals surface area contributed by atoms with E-state index in [0.717, 1.165) is 18.3 Å². The van der Waals surface area contributed by atoms with Gasteiger partial charge in [-0.25, -0.2) is 27.8 Å². The van der Waals surface area contributed by atoms with Gasteiger partial charge in [0.15, 0.2) is 11.6 Å². The lowest BCUT2D eigenvalue weighted by Gasteiger charge is -2.32. The number of nitrogens with zero attached hydrogens (tertiary/aromatic N) is 5. The lowest BCUT2D eigenvalue weighted by molar-refractivity contribution is 0.0529. The van der Waals surface area contributed by atoms with E-state index in [2.05, 4.69) is 25.3 Å². The standard InChI is InChI=1S/C20H17F3N6O/c1-11-10-28(5-6-30-11)17-7-16-15(9-24-17)26-19(18-12(21)3-2-4-13(18)22)27-20-14(23)8-25-29(16)20/h2-4,7-9,11H,5-6,10H2,1H3,(H,26,27). The van der Waals surface area contributed by atoms with Crippen LogP contribution in [0.25, 0.3) is 5.69 Å². The molecule has 1 N–H and O–H groups in total. The SMILES string of the molecule is CC1CN(c2cc3c(cn2)NC(c2c(F)cccc2F)=Nc2c(F)cnn2-3)CCO1. The first kappa shape index (κ1) is 18.6. The largest absolute Gasteiger partial charge is 0.375 e. The zero-order valence-corrected chi connectivity index (χ0v) is 15.9. The number of aromatic nitrogens is 3. The first-order valence-corrected chi connectivity index (χ1v) is 9.42. The van der Waals surface area contributed by atoms with Crippen LogP contribution in [0.2, 0.25) is 0 Å². The molecule has 154 valence electrons. The number of hydrogen-bond donors (Lipinski definition) is 1. The van der Waals surface area contributed by atoms with Gasteiger partial charge in [0.05, 0.1) is 42.0 Å². The van der Waals surface area contributed by atoms with Crippen molar-refractivity contribution in [2.24, 2.45) is 4.99 Å². The third-order valence-electron chi connectivity index (χ3n) is 5.03. The van der Waals surface area contributed by atoms with Crippen molar-refractivity contribution in [3.63, 3.8) is 0 Å². The molecular weight excluding hydrogens is 397 g/mol. The van der Waals surface area contributed by atoms with Gasteiger partial charge in [0.25, 0.3) is 0 Å². The van der Waals surface area contributed by atoms with Crippen molar-refractivity contribution in [1.29, 1.82) is 0 Å². The van der Waals surface area contributed by atoms with E-state index in [-0.39, 0.29) is 23.3 Å². The predicted octanol–water partition coefficient (Wildman–Crippen LogP) is 3.41. The lowest BCUT2D eigenvalue weighted by Crippen LogP contribution is -2.41. The minimum Gasteiger partial charge on any atom is -0.375 e. The number of nitrogens with one attached hydrogen (secondary N) is 1. The molecule has 3 aromatic rings. The topological polar surface area (TPSA) is 67.6 Å². The van der Waals surface area contributed by atoms with Crippen LogP contribution in [0.1, 0.15) is 12.5 Å². The number of benzene rings is 1. The molecule has 5 rings (SSSR count). The van der Waals surface area contributed by atoms with E-state index in [1.54, 1.807) is 6.07 Å². The summed E-state index contributed by atoms with van der Waals surface area (Å²) < 4.78 is 50.1. The van der Waals surface area contributed by atoms with E-state index in [4.69, 9.17) is 4.74 Å². The zero-order valence-electron chi connectivity index (χ0n) is 15.9. The third-order valence-corrected chi connectivity index (χ3v) is 5.03. The normalized spacial score (nSPS) is 18.2. The number of morpholine rings is 1. The van der Waals surface area contributed by atoms with Gasteiger partial charge in [-0.15, -0.1) is 0 Å². The second-order valence-electron chi connectivity index (χ2n) is 7.10. The zero-order chi connectivity index (χ0) is 20.8. The first-order valence-electron chi connectivity index (χ1n) is 9.42. The molecule has 0 aliphatic carbocycles. The smallest absolute Gasteiger partial charge is 0.194 e. The summed E-state index contributed by atoms with van der Waals surface area (Å²) >= 11 is 0. The number of halogens is 3. The molecule has 0 saturated carbocycles. The van der Waals surface area contributed by atoms with Crippen LogP contribution in [-0.4, -0.2) is 46.4 Å². The fraction of sp³-hybridized carbons (Fsp3) is 0.250. The van der Waals surface area contributed by atoms with Crippen molar-refractivity contribution in [2.75, 3.05) is 29.9 Å². The molecule has 0 radical (unpaired) electrons. The maximum absolute atomic E-state index is 14.5. The fourth-order valence-electron chi connectivity index (χ4n) is 3.61. The van der Waals surface area contributed by atoms with Crippen LogP contribution in [0.5, 0.6) is 0 Å². The van der Waals surface area contributed by atoms with Gasteiger partial charge in [0.2, 0.25) is 0 Å². The van der Waals surface area contributed by atoms with Crippen LogP contribution in [0.15, 0.2) is 41.7 Å². The number of aliphatic imine (C=N–C) groups is 1. The average molecular weight is 414 g/mol. The molecule has 1 fully saturated rings. The number of anilines is 2. The van der Waals surface area contributed by atoms with Crippen LogP contribution in [-0.2, 0) is 4.74 Å². The number of fused-ring (bicyclic) bond motifs is 3. The van der Waals surface area contributed by atoms with E-state index in [1.165, 1.54) is 16.9 Å². The van der Waals surface area contributed by atoms with Crippen LogP contribution in [0, 0.1) is 17.5 Å². The molecule has 0 spiro atoms. The summed E-state index contributed by atoms with van der Waals surface area (Å²) in [5, 5.41) is 6.96. The number of pyridine rings is 1. The third kappa shape index (κ3) is 3.09. The molecule has 1 unspecified atom stereocenters. The van der Waals surface area contributed by atoms with Crippen molar-refractivity contribution >= 4 is 23.2 Å². The number of amidine groups is 1. The quantitative estimate of drug-likeness (QED) is 0.696. The fourth-order valence-corrected chi connectivity index (χ4v) is 3.61. The monoisotopic (exact) mass is 414 g/mol. The van der Waals surface area contributed by atoms with Gasteiger partial charge < -0.3 is 15.0 Å². The van der Waals surface area contributed by atoms with Crippen molar-refractivity contribution in [1.82, 2.24) is 14.8 Å². The summed E-state index contributed by atoms with van der Waals surface area (Å²) in [5.41, 5.74) is 0.473. The molecule has 10 heteroatoms. The molecule has 2 aliphatic heterocycles. The maximum atomic E-state index is 14.5. The van der Waals surface area contributed by atoms with Crippen molar-refractivity contribution in [3.05, 3.63) is 59.7 Å². The second-order valence-corrected chi connectivity index (χ2v) is 7.10. The Morgan fingerprint density at radius 3 is 2.70 bits per heavy atom. The number of hydrogen-bond acceptors (Lipinski definition) is 6. The molecule has 2 aromatic heterocycles. The van der Waals surface area contributed by atoms with Gasteiger partial charge in [-0.3, -0.25) is 0 Å². The van der Waals surface area contributed by atoms with Crippen LogP contribution in [0.3, 0.4) is 0 Å². The molecular formula is C20H17F3N6O. The molecule has 2 aliphatic rings. The number of rotatable bonds is 2. The highest BCUT2D eigenvalue weighted by Gasteiger charge is 2.26. The Bertz CT molecular complexity index is 1140. The summed E-state index contributed by atoms with van der Waals surface area (Å²) in [6.07, 6.45) is 2.59. The summed E-state index contributed by atoms with van der Waals surface area (Å²) in [5.74, 6) is -2.01. The number of ether oxygens (including phenoxy) is 1. The summed E-state index contributed by atoms with van der Waals surface area (Å²) in [6, 6.07) is 5.22. The van der Waals surface area contributed by atoms with Gasteiger partial charge in [0, 0.05) is 19.2 Å². The van der Waals surface area contributed by atoms with Crippen LogP contribution >= 0.6 is 0 Å². The highest BCUT2D eigenvalue weighted by Crippen LogP contribution is 2.33. The Morgan fingerprint density at radius 2 is 1.93 bits per heavy atom. The van der Waals surface area contributed by atoms with Gasteiger partial charge in [0.1, 0.15) is 23.3 Å². The maximum Gasteiger partial charge on any atom is 0.194 e. The van der Waals surface area contributed by atoms with E-state index in [1.807, 2.05) is 6.92 Å². The Morgan fingerprint density at radius 1 is 1.13 bits per heavy atom. The molecule has 1 saturated heterocycles. The molecule has 1 atom stereocenters. The Hall–Kier alpha value is -3.40. The summed E-state index contributed by atoms with van der Waals surface area (Å²) in [7, 11) is 0. The molecule has 30 heavy (non-hydrogen) atoms. The van der Waals surface area contributed by atoms with Gasteiger partial charge in [-0.05, 0) is 19.1 Å². The highest BCUT2D eigenvalue weighted by molar-refractivity contribution is 6.11. The van der Waals surface area contributed by atoms with E-state index < -0.39 is 17.5 Å². The van der Waals surface area contributed by atoms with Gasteiger partial charge in [-0.2, -0.15) is 5.10 Å². The highest BCUT2D eigenvalue weighted by atomic mass is 19.1. The first-order chi connectivity index (χ1) is 14.5. The molecule has 0 bridgehead atoms. The summed E-state index contributed by atoms with van der Waals surface area (Å²) in [6.45, 7) is 3.86. The molecule has 1 aromatic carbocycles. The van der Waals surface area contributed by atoms with Crippen molar-refractivity contribution < 1.29 is 17.9 Å². The molecule has 0 amide bonds. The minimum atomic E-state index is -0.817. The van der Waals surface area contributed by atoms with Crippen LogP contribution < -0.4 is 10.2 Å². The molecule has 7 nitrogen and oxygen atoms in total.